The minimum absolute atomic E-state index is 0.0491. The van der Waals surface area contributed by atoms with Gasteiger partial charge in [0.15, 0.2) is 5.60 Å². The number of alkyl halides is 3. The molecule has 3 aliphatic carbocycles. The second-order valence-corrected chi connectivity index (χ2v) is 8.31. The van der Waals surface area contributed by atoms with Crippen LogP contribution in [-0.2, 0) is 6.42 Å². The molecule has 1 aromatic rings. The van der Waals surface area contributed by atoms with Crippen LogP contribution < -0.4 is 0 Å². The van der Waals surface area contributed by atoms with Gasteiger partial charge in [0.05, 0.1) is 0 Å². The Morgan fingerprint density at radius 3 is 2.64 bits per heavy atom. The molecule has 1 saturated carbocycles. The van der Waals surface area contributed by atoms with Crippen LogP contribution in [0.1, 0.15) is 43.7 Å². The monoisotopic (exact) mass is 352 g/mol. The molecule has 1 aromatic carbocycles. The summed E-state index contributed by atoms with van der Waals surface area (Å²) in [5.74, 6) is 0.341. The quantitative estimate of drug-likeness (QED) is 0.672. The third kappa shape index (κ3) is 2.08. The molecule has 2 N–H and O–H groups in total. The number of rotatable bonds is 0. The Kier molecular flexibility index (Phi) is 3.41. The minimum Gasteiger partial charge on any atom is -0.508 e. The van der Waals surface area contributed by atoms with Crippen molar-refractivity contribution in [1.82, 2.24) is 0 Å². The SMILES string of the molecule is C[C@H]1Cc2cc(O)ccc2C2C=C[C@@]3(C)C(CC[C@]3(O)C(F)(F)F)C21. The molecule has 3 aliphatic rings. The first kappa shape index (κ1) is 17.0. The van der Waals surface area contributed by atoms with E-state index in [1.54, 1.807) is 25.1 Å². The summed E-state index contributed by atoms with van der Waals surface area (Å²) >= 11 is 0. The van der Waals surface area contributed by atoms with E-state index in [1.165, 1.54) is 0 Å². The van der Waals surface area contributed by atoms with E-state index in [0.717, 1.165) is 17.5 Å². The highest BCUT2D eigenvalue weighted by molar-refractivity contribution is 5.44. The fourth-order valence-corrected chi connectivity index (χ4v) is 5.86. The summed E-state index contributed by atoms with van der Waals surface area (Å²) in [6.07, 6.45) is -0.246. The maximum Gasteiger partial charge on any atom is 0.418 e. The van der Waals surface area contributed by atoms with Crippen molar-refractivity contribution in [3.8, 4) is 5.75 Å². The number of benzene rings is 1. The molecule has 0 aliphatic heterocycles. The molecule has 3 unspecified atom stereocenters. The Bertz CT molecular complexity index is 741. The molecule has 2 nitrogen and oxygen atoms in total. The van der Waals surface area contributed by atoms with Gasteiger partial charge in [0, 0.05) is 11.3 Å². The van der Waals surface area contributed by atoms with Crippen molar-refractivity contribution < 1.29 is 23.4 Å². The Balaban J connectivity index is 1.83. The van der Waals surface area contributed by atoms with Crippen molar-refractivity contribution in [2.45, 2.75) is 50.8 Å². The number of aromatic hydroxyl groups is 1. The molecular weight excluding hydrogens is 329 g/mol. The fraction of sp³-hybridized carbons (Fsp3) is 0.600. The van der Waals surface area contributed by atoms with Crippen LogP contribution in [0.15, 0.2) is 30.4 Å². The highest BCUT2D eigenvalue weighted by Gasteiger charge is 2.70. The molecule has 0 aromatic heterocycles. The normalized spacial score (nSPS) is 42.6. The zero-order valence-electron chi connectivity index (χ0n) is 14.3. The number of hydrogen-bond donors (Lipinski definition) is 2. The maximum atomic E-state index is 13.7. The van der Waals surface area contributed by atoms with E-state index in [2.05, 4.69) is 6.92 Å². The molecule has 25 heavy (non-hydrogen) atoms. The molecular formula is C20H23F3O2. The molecule has 0 saturated heterocycles. The second-order valence-electron chi connectivity index (χ2n) is 8.31. The zero-order valence-corrected chi connectivity index (χ0v) is 14.3. The topological polar surface area (TPSA) is 40.5 Å². The first-order valence-corrected chi connectivity index (χ1v) is 8.89. The van der Waals surface area contributed by atoms with Crippen molar-refractivity contribution in [1.29, 1.82) is 0 Å². The number of fused-ring (bicyclic) bond motifs is 5. The fourth-order valence-electron chi connectivity index (χ4n) is 5.86. The van der Waals surface area contributed by atoms with Gasteiger partial charge in [-0.3, -0.25) is 0 Å². The largest absolute Gasteiger partial charge is 0.508 e. The lowest BCUT2D eigenvalue weighted by Crippen LogP contribution is -2.57. The number of aliphatic hydroxyl groups is 1. The highest BCUT2D eigenvalue weighted by Crippen LogP contribution is 2.65. The summed E-state index contributed by atoms with van der Waals surface area (Å²) in [5.41, 5.74) is -1.76. The highest BCUT2D eigenvalue weighted by atomic mass is 19.4. The van der Waals surface area contributed by atoms with Crippen LogP contribution in [0.2, 0.25) is 0 Å². The number of allylic oxidation sites excluding steroid dienone is 1. The Hall–Kier alpha value is -1.49. The van der Waals surface area contributed by atoms with Gasteiger partial charge >= 0.3 is 6.18 Å². The van der Waals surface area contributed by atoms with Gasteiger partial charge in [0.25, 0.3) is 0 Å². The summed E-state index contributed by atoms with van der Waals surface area (Å²) < 4.78 is 41.0. The first-order chi connectivity index (χ1) is 11.6. The maximum absolute atomic E-state index is 13.7. The van der Waals surface area contributed by atoms with Crippen LogP contribution in [0.3, 0.4) is 0 Å². The molecule has 0 bridgehead atoms. The van der Waals surface area contributed by atoms with E-state index in [4.69, 9.17) is 0 Å². The smallest absolute Gasteiger partial charge is 0.418 e. The van der Waals surface area contributed by atoms with E-state index in [9.17, 15) is 23.4 Å². The van der Waals surface area contributed by atoms with Gasteiger partial charge in [-0.2, -0.15) is 13.2 Å². The Labute approximate surface area is 145 Å². The van der Waals surface area contributed by atoms with Crippen LogP contribution in [-0.4, -0.2) is 22.0 Å². The van der Waals surface area contributed by atoms with Crippen LogP contribution in [0.5, 0.6) is 5.75 Å². The standard InChI is InChI=1S/C20H23F3O2/c1-11-9-12-10-13(24)3-4-14(12)15-5-7-18(2)16(17(11)15)6-8-19(18,25)20(21,22)23/h3-5,7,10-11,15-17,24-25H,6,8-9H2,1-2H3/t11-,15?,16?,17?,18-,19+/m0/s1. The summed E-state index contributed by atoms with van der Waals surface area (Å²) in [7, 11) is 0. The average Bonchev–Trinajstić information content (AvgIpc) is 2.79. The van der Waals surface area contributed by atoms with Gasteiger partial charge in [0.1, 0.15) is 5.75 Å². The van der Waals surface area contributed by atoms with Crippen LogP contribution in [0, 0.1) is 23.2 Å². The molecule has 0 heterocycles. The van der Waals surface area contributed by atoms with E-state index < -0.39 is 17.2 Å². The summed E-state index contributed by atoms with van der Waals surface area (Å²) in [6, 6.07) is 5.31. The summed E-state index contributed by atoms with van der Waals surface area (Å²) in [6.45, 7) is 3.65. The second kappa shape index (κ2) is 5.03. The van der Waals surface area contributed by atoms with Crippen molar-refractivity contribution >= 4 is 0 Å². The van der Waals surface area contributed by atoms with Crippen molar-refractivity contribution in [3.63, 3.8) is 0 Å². The van der Waals surface area contributed by atoms with E-state index >= 15 is 0 Å². The lowest BCUT2D eigenvalue weighted by molar-refractivity contribution is -0.288. The Morgan fingerprint density at radius 1 is 1.24 bits per heavy atom. The average molecular weight is 352 g/mol. The summed E-state index contributed by atoms with van der Waals surface area (Å²) in [4.78, 5) is 0. The number of phenols is 1. The number of halogens is 3. The van der Waals surface area contributed by atoms with Crippen LogP contribution in [0.25, 0.3) is 0 Å². The van der Waals surface area contributed by atoms with Gasteiger partial charge < -0.3 is 10.2 Å². The third-order valence-corrected chi connectivity index (χ3v) is 7.16. The molecule has 1 fully saturated rings. The van der Waals surface area contributed by atoms with Gasteiger partial charge in [0.2, 0.25) is 0 Å². The van der Waals surface area contributed by atoms with Gasteiger partial charge in [-0.1, -0.05) is 32.1 Å². The van der Waals surface area contributed by atoms with Crippen molar-refractivity contribution in [2.24, 2.45) is 23.2 Å². The van der Waals surface area contributed by atoms with Gasteiger partial charge in [-0.15, -0.1) is 0 Å². The number of phenolic OH excluding ortho intramolecular Hbond substituents is 1. The molecule has 0 radical (unpaired) electrons. The number of hydrogen-bond acceptors (Lipinski definition) is 2. The lowest BCUT2D eigenvalue weighted by atomic mass is 9.54. The van der Waals surface area contributed by atoms with Gasteiger partial charge in [-0.25, -0.2) is 0 Å². The summed E-state index contributed by atoms with van der Waals surface area (Å²) in [5, 5.41) is 20.3. The first-order valence-electron chi connectivity index (χ1n) is 8.89. The predicted octanol–water partition coefficient (Wildman–Crippen LogP) is 4.56. The van der Waals surface area contributed by atoms with Crippen molar-refractivity contribution in [3.05, 3.63) is 41.5 Å². The third-order valence-electron chi connectivity index (χ3n) is 7.16. The Morgan fingerprint density at radius 2 is 1.96 bits per heavy atom. The molecule has 4 rings (SSSR count). The molecule has 0 spiro atoms. The van der Waals surface area contributed by atoms with E-state index in [1.807, 2.05) is 12.1 Å². The van der Waals surface area contributed by atoms with Crippen LogP contribution in [0.4, 0.5) is 13.2 Å². The zero-order chi connectivity index (χ0) is 18.2. The minimum atomic E-state index is -4.63. The molecule has 136 valence electrons. The molecule has 5 heteroatoms. The van der Waals surface area contributed by atoms with Crippen molar-refractivity contribution in [2.75, 3.05) is 0 Å². The van der Waals surface area contributed by atoms with Crippen LogP contribution >= 0.6 is 0 Å². The molecule has 6 atom stereocenters. The molecule has 0 amide bonds. The van der Waals surface area contributed by atoms with Gasteiger partial charge in [-0.05, 0) is 60.3 Å². The lowest BCUT2D eigenvalue weighted by Gasteiger charge is -2.51. The predicted molar refractivity (Wildman–Crippen MR) is 88.2 cm³/mol. The van der Waals surface area contributed by atoms with E-state index in [0.29, 0.717) is 6.42 Å². The van der Waals surface area contributed by atoms with E-state index in [-0.39, 0.29) is 35.8 Å².